The maximum Gasteiger partial charge on any atom is 0.264 e. The van der Waals surface area contributed by atoms with Crippen LogP contribution in [0.25, 0.3) is 0 Å². The predicted molar refractivity (Wildman–Crippen MR) is 158 cm³/mol. The van der Waals surface area contributed by atoms with E-state index in [2.05, 4.69) is 5.32 Å². The number of carbonyl (C=O) groups excluding carboxylic acids is 2. The molecule has 8 nitrogen and oxygen atoms in total. The van der Waals surface area contributed by atoms with Gasteiger partial charge in [-0.05, 0) is 68.8 Å². The Morgan fingerprint density at radius 1 is 0.975 bits per heavy atom. The number of sulfonamides is 1. The minimum absolute atomic E-state index is 0.0175. The summed E-state index contributed by atoms with van der Waals surface area (Å²) in [5, 5.41) is 3.45. The molecule has 0 aliphatic carbocycles. The van der Waals surface area contributed by atoms with Gasteiger partial charge in [0, 0.05) is 28.7 Å². The standard InChI is InChI=1S/C29H33Cl2N3O5S/c1-5-17-32-29(36)21(3)33(18-25-26(30)7-6-8-27(25)31)28(35)19-34(22-11-9-20(2)10-12-22)40(37,38)24-15-13-23(39-4)14-16-24/h6-16,21H,5,17-19H2,1-4H3,(H,32,36). The SMILES string of the molecule is CCCNC(=O)C(C)N(Cc1c(Cl)cccc1Cl)C(=O)CN(c1ccc(C)cc1)S(=O)(=O)c1ccc(OC)cc1. The van der Waals surface area contributed by atoms with Gasteiger partial charge in [0.05, 0.1) is 17.7 Å². The van der Waals surface area contributed by atoms with Crippen LogP contribution in [0.3, 0.4) is 0 Å². The van der Waals surface area contributed by atoms with Gasteiger partial charge in [-0.1, -0.05) is 53.9 Å². The van der Waals surface area contributed by atoms with Crippen LogP contribution in [0.1, 0.15) is 31.4 Å². The van der Waals surface area contributed by atoms with Crippen LogP contribution in [0.5, 0.6) is 5.75 Å². The van der Waals surface area contributed by atoms with Crippen molar-refractivity contribution in [3.05, 3.63) is 87.9 Å². The number of hydrogen-bond donors (Lipinski definition) is 1. The van der Waals surface area contributed by atoms with Gasteiger partial charge in [-0.3, -0.25) is 13.9 Å². The van der Waals surface area contributed by atoms with Crippen molar-refractivity contribution in [2.75, 3.05) is 24.5 Å². The van der Waals surface area contributed by atoms with E-state index < -0.39 is 28.5 Å². The zero-order valence-electron chi connectivity index (χ0n) is 22.9. The predicted octanol–water partition coefficient (Wildman–Crippen LogP) is 5.45. The molecule has 0 saturated heterocycles. The molecule has 0 aromatic heterocycles. The highest BCUT2D eigenvalue weighted by atomic mass is 35.5. The Morgan fingerprint density at radius 3 is 2.12 bits per heavy atom. The van der Waals surface area contributed by atoms with Crippen LogP contribution in [0.2, 0.25) is 10.0 Å². The van der Waals surface area contributed by atoms with E-state index in [0.717, 1.165) is 9.87 Å². The summed E-state index contributed by atoms with van der Waals surface area (Å²) in [5.41, 5.74) is 1.68. The highest BCUT2D eigenvalue weighted by Gasteiger charge is 2.33. The number of hydrogen-bond acceptors (Lipinski definition) is 5. The number of nitrogens with zero attached hydrogens (tertiary/aromatic N) is 2. The largest absolute Gasteiger partial charge is 0.497 e. The van der Waals surface area contributed by atoms with E-state index in [1.807, 2.05) is 13.8 Å². The molecule has 0 aliphatic rings. The highest BCUT2D eigenvalue weighted by molar-refractivity contribution is 7.92. The summed E-state index contributed by atoms with van der Waals surface area (Å²) in [6.45, 7) is 5.15. The molecular formula is C29H33Cl2N3O5S. The molecule has 1 unspecified atom stereocenters. The summed E-state index contributed by atoms with van der Waals surface area (Å²) in [6, 6.07) is 16.7. The number of anilines is 1. The molecule has 1 atom stereocenters. The van der Waals surface area contributed by atoms with Gasteiger partial charge in [-0.2, -0.15) is 0 Å². The lowest BCUT2D eigenvalue weighted by molar-refractivity contribution is -0.139. The lowest BCUT2D eigenvalue weighted by Gasteiger charge is -2.32. The Balaban J connectivity index is 2.05. The summed E-state index contributed by atoms with van der Waals surface area (Å²) in [7, 11) is -2.71. The van der Waals surface area contributed by atoms with Crippen molar-refractivity contribution in [2.24, 2.45) is 0 Å². The fourth-order valence-electron chi connectivity index (χ4n) is 3.95. The minimum atomic E-state index is -4.19. The molecule has 0 spiro atoms. The van der Waals surface area contributed by atoms with Crippen molar-refractivity contribution >= 4 is 50.7 Å². The van der Waals surface area contributed by atoms with Gasteiger partial charge in [0.2, 0.25) is 11.8 Å². The Bertz CT molecular complexity index is 1410. The molecule has 2 amide bonds. The van der Waals surface area contributed by atoms with Crippen molar-refractivity contribution in [1.29, 1.82) is 0 Å². The number of aryl methyl sites for hydroxylation is 1. The maximum atomic E-state index is 14.0. The van der Waals surface area contributed by atoms with E-state index in [-0.39, 0.29) is 17.3 Å². The van der Waals surface area contributed by atoms with Gasteiger partial charge in [0.25, 0.3) is 10.0 Å². The van der Waals surface area contributed by atoms with Crippen LogP contribution in [-0.4, -0.2) is 51.4 Å². The van der Waals surface area contributed by atoms with Crippen molar-refractivity contribution in [1.82, 2.24) is 10.2 Å². The topological polar surface area (TPSA) is 96.0 Å². The number of ether oxygens (including phenoxy) is 1. The molecule has 0 aliphatic heterocycles. The van der Waals surface area contributed by atoms with Gasteiger partial charge >= 0.3 is 0 Å². The number of carbonyl (C=O) groups is 2. The molecule has 3 rings (SSSR count). The first kappa shape index (κ1) is 31.3. The Morgan fingerprint density at radius 2 is 1.57 bits per heavy atom. The van der Waals surface area contributed by atoms with E-state index in [9.17, 15) is 18.0 Å². The second-order valence-corrected chi connectivity index (χ2v) is 11.9. The number of benzene rings is 3. The molecule has 214 valence electrons. The Kier molecular flexibility index (Phi) is 10.8. The molecule has 40 heavy (non-hydrogen) atoms. The molecule has 0 fully saturated rings. The van der Waals surface area contributed by atoms with Gasteiger partial charge < -0.3 is 15.0 Å². The fourth-order valence-corrected chi connectivity index (χ4v) is 5.88. The number of amides is 2. The minimum Gasteiger partial charge on any atom is -0.497 e. The summed E-state index contributed by atoms with van der Waals surface area (Å²) in [6.07, 6.45) is 0.712. The van der Waals surface area contributed by atoms with E-state index in [0.29, 0.717) is 40.0 Å². The molecule has 0 saturated carbocycles. The maximum absolute atomic E-state index is 14.0. The summed E-state index contributed by atoms with van der Waals surface area (Å²) >= 11 is 12.8. The monoisotopic (exact) mass is 605 g/mol. The summed E-state index contributed by atoms with van der Waals surface area (Å²) in [4.78, 5) is 28.2. The zero-order valence-corrected chi connectivity index (χ0v) is 25.2. The van der Waals surface area contributed by atoms with E-state index in [1.54, 1.807) is 49.4 Å². The van der Waals surface area contributed by atoms with Crippen molar-refractivity contribution in [3.8, 4) is 5.75 Å². The van der Waals surface area contributed by atoms with E-state index >= 15 is 0 Å². The van der Waals surface area contributed by atoms with Crippen LogP contribution in [0.4, 0.5) is 5.69 Å². The molecule has 3 aromatic rings. The first-order chi connectivity index (χ1) is 19.0. The normalized spacial score (nSPS) is 11.9. The first-order valence-electron chi connectivity index (χ1n) is 12.7. The quantitative estimate of drug-likeness (QED) is 0.296. The highest BCUT2D eigenvalue weighted by Crippen LogP contribution is 2.29. The Hall–Kier alpha value is -3.27. The van der Waals surface area contributed by atoms with Crippen LogP contribution < -0.4 is 14.4 Å². The third kappa shape index (κ3) is 7.47. The van der Waals surface area contributed by atoms with Crippen LogP contribution in [0, 0.1) is 6.92 Å². The number of halogens is 2. The van der Waals surface area contributed by atoms with Crippen LogP contribution in [0.15, 0.2) is 71.6 Å². The number of nitrogens with one attached hydrogen (secondary N) is 1. The smallest absolute Gasteiger partial charge is 0.264 e. The van der Waals surface area contributed by atoms with Gasteiger partial charge in [-0.25, -0.2) is 8.42 Å². The molecule has 3 aromatic carbocycles. The summed E-state index contributed by atoms with van der Waals surface area (Å²) in [5.74, 6) is -0.488. The summed E-state index contributed by atoms with van der Waals surface area (Å²) < 4.78 is 34.0. The molecule has 0 bridgehead atoms. The van der Waals surface area contributed by atoms with Crippen molar-refractivity contribution < 1.29 is 22.7 Å². The molecule has 0 radical (unpaired) electrons. The lowest BCUT2D eigenvalue weighted by Crippen LogP contribution is -2.51. The molecule has 0 heterocycles. The van der Waals surface area contributed by atoms with E-state index in [4.69, 9.17) is 27.9 Å². The molecule has 1 N–H and O–H groups in total. The zero-order chi connectivity index (χ0) is 29.4. The van der Waals surface area contributed by atoms with Crippen LogP contribution in [-0.2, 0) is 26.2 Å². The number of methoxy groups -OCH3 is 1. The Labute approximate surface area is 245 Å². The average Bonchev–Trinajstić information content (AvgIpc) is 2.94. The van der Waals surface area contributed by atoms with Gasteiger partial charge in [0.15, 0.2) is 0 Å². The fraction of sp³-hybridized carbons (Fsp3) is 0.310. The third-order valence-corrected chi connectivity index (χ3v) is 8.85. The van der Waals surface area contributed by atoms with E-state index in [1.165, 1.54) is 36.3 Å². The second kappa shape index (κ2) is 13.9. The van der Waals surface area contributed by atoms with Gasteiger partial charge in [0.1, 0.15) is 18.3 Å². The van der Waals surface area contributed by atoms with Crippen LogP contribution >= 0.6 is 23.2 Å². The first-order valence-corrected chi connectivity index (χ1v) is 14.9. The average molecular weight is 607 g/mol. The molecular weight excluding hydrogens is 573 g/mol. The van der Waals surface area contributed by atoms with Crippen molar-refractivity contribution in [2.45, 2.75) is 44.7 Å². The van der Waals surface area contributed by atoms with Gasteiger partial charge in [-0.15, -0.1) is 0 Å². The second-order valence-electron chi connectivity index (χ2n) is 9.21. The van der Waals surface area contributed by atoms with Crippen molar-refractivity contribution in [3.63, 3.8) is 0 Å². The third-order valence-electron chi connectivity index (χ3n) is 6.35. The molecule has 11 heteroatoms. The lowest BCUT2D eigenvalue weighted by atomic mass is 10.1. The number of rotatable bonds is 12.